The molecule has 4 heteroatoms. The van der Waals surface area contributed by atoms with Crippen LogP contribution in [0.1, 0.15) is 40.5 Å². The summed E-state index contributed by atoms with van der Waals surface area (Å²) in [5.74, 6) is 5.30. The van der Waals surface area contributed by atoms with E-state index in [4.69, 9.17) is 0 Å². The maximum absolute atomic E-state index is 12.0. The molecule has 1 aliphatic rings. The smallest absolute Gasteiger partial charge is 0.262 e. The van der Waals surface area contributed by atoms with Crippen LogP contribution in [-0.2, 0) is 0 Å². The second-order valence-corrected chi connectivity index (χ2v) is 4.63. The van der Waals surface area contributed by atoms with Gasteiger partial charge in [0.25, 0.3) is 11.8 Å². The first kappa shape index (κ1) is 14.3. The van der Waals surface area contributed by atoms with Gasteiger partial charge in [0, 0.05) is 0 Å². The van der Waals surface area contributed by atoms with Gasteiger partial charge in [0.2, 0.25) is 0 Å². The number of carbonyl (C=O) groups is 2. The fourth-order valence-corrected chi connectivity index (χ4v) is 2.03. The number of imide groups is 1. The molecule has 0 bridgehead atoms. The van der Waals surface area contributed by atoms with E-state index in [1.54, 1.807) is 24.3 Å². The van der Waals surface area contributed by atoms with Gasteiger partial charge < -0.3 is 5.32 Å². The molecule has 20 heavy (non-hydrogen) atoms. The van der Waals surface area contributed by atoms with Gasteiger partial charge in [-0.1, -0.05) is 37.3 Å². The predicted octanol–water partition coefficient (Wildman–Crippen LogP) is 1.68. The number of hydrogen-bond acceptors (Lipinski definition) is 3. The van der Waals surface area contributed by atoms with Gasteiger partial charge in [-0.3, -0.25) is 14.5 Å². The highest BCUT2D eigenvalue weighted by atomic mass is 16.2. The summed E-state index contributed by atoms with van der Waals surface area (Å²) >= 11 is 0. The van der Waals surface area contributed by atoms with Crippen molar-refractivity contribution in [2.45, 2.75) is 19.8 Å². The molecule has 104 valence electrons. The second-order valence-electron chi connectivity index (χ2n) is 4.63. The van der Waals surface area contributed by atoms with Crippen molar-refractivity contribution in [1.29, 1.82) is 0 Å². The van der Waals surface area contributed by atoms with E-state index in [0.717, 1.165) is 19.4 Å². The number of unbranched alkanes of at least 4 members (excludes halogenated alkanes) is 1. The summed E-state index contributed by atoms with van der Waals surface area (Å²) in [6, 6.07) is 6.87. The van der Waals surface area contributed by atoms with E-state index in [-0.39, 0.29) is 18.4 Å². The molecule has 1 aliphatic heterocycles. The molecule has 1 heterocycles. The first-order valence-electron chi connectivity index (χ1n) is 6.87. The Morgan fingerprint density at radius 2 is 1.75 bits per heavy atom. The first-order valence-corrected chi connectivity index (χ1v) is 6.87. The normalized spacial score (nSPS) is 13.2. The van der Waals surface area contributed by atoms with Gasteiger partial charge in [-0.15, -0.1) is 0 Å². The van der Waals surface area contributed by atoms with Crippen LogP contribution in [0.5, 0.6) is 0 Å². The topological polar surface area (TPSA) is 49.4 Å². The lowest BCUT2D eigenvalue weighted by atomic mass is 10.1. The van der Waals surface area contributed by atoms with Crippen LogP contribution in [0.3, 0.4) is 0 Å². The average molecular weight is 270 g/mol. The molecule has 0 saturated heterocycles. The van der Waals surface area contributed by atoms with Gasteiger partial charge in [0.15, 0.2) is 0 Å². The van der Waals surface area contributed by atoms with E-state index < -0.39 is 0 Å². The largest absolute Gasteiger partial charge is 0.306 e. The van der Waals surface area contributed by atoms with Crippen molar-refractivity contribution in [2.75, 3.05) is 19.6 Å². The van der Waals surface area contributed by atoms with Gasteiger partial charge in [-0.25, -0.2) is 0 Å². The summed E-state index contributed by atoms with van der Waals surface area (Å²) in [4.78, 5) is 25.3. The number of amides is 2. The summed E-state index contributed by atoms with van der Waals surface area (Å²) in [7, 11) is 0. The molecule has 1 N–H and O–H groups in total. The van der Waals surface area contributed by atoms with Crippen LogP contribution in [0.4, 0.5) is 0 Å². The molecule has 2 amide bonds. The lowest BCUT2D eigenvalue weighted by molar-refractivity contribution is 0.0675. The van der Waals surface area contributed by atoms with Gasteiger partial charge in [0.1, 0.15) is 0 Å². The molecule has 1 aromatic rings. The Balaban J connectivity index is 1.88. The zero-order valence-electron chi connectivity index (χ0n) is 11.6. The first-order chi connectivity index (χ1) is 9.75. The summed E-state index contributed by atoms with van der Waals surface area (Å²) in [5, 5.41) is 3.19. The molecule has 2 rings (SSSR count). The zero-order valence-corrected chi connectivity index (χ0v) is 11.6. The van der Waals surface area contributed by atoms with Gasteiger partial charge in [0.05, 0.1) is 24.2 Å². The Morgan fingerprint density at radius 1 is 1.10 bits per heavy atom. The maximum Gasteiger partial charge on any atom is 0.262 e. The number of nitrogens with one attached hydrogen (secondary N) is 1. The van der Waals surface area contributed by atoms with Gasteiger partial charge in [-0.2, -0.15) is 0 Å². The highest BCUT2D eigenvalue weighted by Gasteiger charge is 2.34. The Kier molecular flexibility index (Phi) is 4.91. The lowest BCUT2D eigenvalue weighted by Gasteiger charge is -2.08. The lowest BCUT2D eigenvalue weighted by Crippen LogP contribution is -2.30. The van der Waals surface area contributed by atoms with E-state index in [9.17, 15) is 9.59 Å². The van der Waals surface area contributed by atoms with E-state index in [0.29, 0.717) is 17.7 Å². The van der Waals surface area contributed by atoms with Gasteiger partial charge in [-0.05, 0) is 25.1 Å². The van der Waals surface area contributed by atoms with Crippen LogP contribution >= 0.6 is 0 Å². The molecule has 0 spiro atoms. The van der Waals surface area contributed by atoms with E-state index >= 15 is 0 Å². The van der Waals surface area contributed by atoms with Crippen molar-refractivity contribution in [3.63, 3.8) is 0 Å². The Hall–Kier alpha value is -2.12. The third kappa shape index (κ3) is 3.06. The monoisotopic (exact) mass is 270 g/mol. The second kappa shape index (κ2) is 6.88. The molecule has 0 radical (unpaired) electrons. The molecular formula is C16H18N2O2. The number of benzene rings is 1. The van der Waals surface area contributed by atoms with Crippen molar-refractivity contribution in [3.8, 4) is 11.8 Å². The number of hydrogen-bond donors (Lipinski definition) is 1. The van der Waals surface area contributed by atoms with Crippen molar-refractivity contribution in [3.05, 3.63) is 35.4 Å². The molecule has 1 aromatic carbocycles. The number of rotatable bonds is 5. The van der Waals surface area contributed by atoms with Crippen LogP contribution in [0.15, 0.2) is 24.3 Å². The minimum Gasteiger partial charge on any atom is -0.306 e. The van der Waals surface area contributed by atoms with Gasteiger partial charge >= 0.3 is 0 Å². The molecule has 0 aliphatic carbocycles. The standard InChI is InChI=1S/C16H18N2O2/c1-2-3-10-17-11-6-7-12-18-15(19)13-8-4-5-9-14(13)16(18)20/h4-5,8-9,17H,2-3,10-12H2,1H3. The molecule has 0 fully saturated rings. The molecule has 0 saturated carbocycles. The Labute approximate surface area is 119 Å². The number of carbonyl (C=O) groups excluding carboxylic acids is 2. The SMILES string of the molecule is CCCCNCC#CCN1C(=O)c2ccccc2C1=O. The fraction of sp³-hybridized carbons (Fsp3) is 0.375. The van der Waals surface area contributed by atoms with Crippen molar-refractivity contribution in [1.82, 2.24) is 10.2 Å². The van der Waals surface area contributed by atoms with Crippen LogP contribution in [0, 0.1) is 11.8 Å². The Bertz CT molecular complexity index is 534. The molecule has 0 atom stereocenters. The molecule has 0 aromatic heterocycles. The minimum absolute atomic E-state index is 0.155. The molecular weight excluding hydrogens is 252 g/mol. The van der Waals surface area contributed by atoms with E-state index in [1.165, 1.54) is 4.90 Å². The third-order valence-corrected chi connectivity index (χ3v) is 3.16. The van der Waals surface area contributed by atoms with Crippen LogP contribution < -0.4 is 5.32 Å². The zero-order chi connectivity index (χ0) is 14.4. The number of fused-ring (bicyclic) bond motifs is 1. The summed E-state index contributed by atoms with van der Waals surface area (Å²) in [6.45, 7) is 3.82. The Morgan fingerprint density at radius 3 is 2.35 bits per heavy atom. The highest BCUT2D eigenvalue weighted by Crippen LogP contribution is 2.21. The fourth-order valence-electron chi connectivity index (χ4n) is 2.03. The molecule has 0 unspecified atom stereocenters. The summed E-state index contributed by atoms with van der Waals surface area (Å²) in [5.41, 5.74) is 0.945. The third-order valence-electron chi connectivity index (χ3n) is 3.16. The van der Waals surface area contributed by atoms with Crippen LogP contribution in [-0.4, -0.2) is 36.3 Å². The maximum atomic E-state index is 12.0. The van der Waals surface area contributed by atoms with E-state index in [1.807, 2.05) is 0 Å². The van der Waals surface area contributed by atoms with Crippen LogP contribution in [0.2, 0.25) is 0 Å². The highest BCUT2D eigenvalue weighted by molar-refractivity contribution is 6.21. The molecule has 4 nitrogen and oxygen atoms in total. The quantitative estimate of drug-likeness (QED) is 0.503. The summed E-state index contributed by atoms with van der Waals surface area (Å²) < 4.78 is 0. The van der Waals surface area contributed by atoms with Crippen molar-refractivity contribution >= 4 is 11.8 Å². The minimum atomic E-state index is -0.251. The summed E-state index contributed by atoms with van der Waals surface area (Å²) in [6.07, 6.45) is 2.27. The van der Waals surface area contributed by atoms with Crippen molar-refractivity contribution in [2.24, 2.45) is 0 Å². The predicted molar refractivity (Wildman–Crippen MR) is 77.4 cm³/mol. The van der Waals surface area contributed by atoms with E-state index in [2.05, 4.69) is 24.1 Å². The average Bonchev–Trinajstić information content (AvgIpc) is 2.71. The van der Waals surface area contributed by atoms with Crippen molar-refractivity contribution < 1.29 is 9.59 Å². The number of nitrogens with zero attached hydrogens (tertiary/aromatic N) is 1. The van der Waals surface area contributed by atoms with Crippen LogP contribution in [0.25, 0.3) is 0 Å².